The molecule has 0 aliphatic carbocycles. The lowest BCUT2D eigenvalue weighted by molar-refractivity contribution is 0.0126. The molecule has 6 nitrogen and oxygen atoms in total. The molecule has 1 fully saturated rings. The maximum absolute atomic E-state index is 12.2. The zero-order valence-corrected chi connectivity index (χ0v) is 18.2. The fraction of sp³-hybridized carbons (Fsp3) is 0.360. The van der Waals surface area contributed by atoms with E-state index in [1.807, 2.05) is 69.3 Å². The molecule has 2 aromatic carbocycles. The number of carbonyl (C=O) groups excluding carboxylic acids is 1. The van der Waals surface area contributed by atoms with Gasteiger partial charge in [-0.1, -0.05) is 24.3 Å². The van der Waals surface area contributed by atoms with E-state index in [-0.39, 0.29) is 17.9 Å². The van der Waals surface area contributed by atoms with Crippen LogP contribution in [0.4, 0.5) is 4.79 Å². The number of amides is 1. The van der Waals surface area contributed by atoms with Crippen molar-refractivity contribution in [3.8, 4) is 22.6 Å². The van der Waals surface area contributed by atoms with E-state index in [2.05, 4.69) is 4.98 Å². The number of hydrogen-bond donors (Lipinski definition) is 1. The maximum Gasteiger partial charge on any atom is 0.410 e. The van der Waals surface area contributed by atoms with Crippen LogP contribution in [0.15, 0.2) is 54.7 Å². The van der Waals surface area contributed by atoms with Crippen molar-refractivity contribution in [3.05, 3.63) is 54.7 Å². The Bertz CT molecular complexity index is 1070. The number of pyridine rings is 1. The van der Waals surface area contributed by atoms with Crippen molar-refractivity contribution in [1.29, 1.82) is 0 Å². The van der Waals surface area contributed by atoms with Crippen molar-refractivity contribution in [1.82, 2.24) is 9.88 Å². The van der Waals surface area contributed by atoms with E-state index in [9.17, 15) is 9.90 Å². The molecule has 162 valence electrons. The number of fused-ring (bicyclic) bond motifs is 1. The molecule has 0 unspecified atom stereocenters. The summed E-state index contributed by atoms with van der Waals surface area (Å²) >= 11 is 0. The highest BCUT2D eigenvalue weighted by molar-refractivity contribution is 5.91. The van der Waals surface area contributed by atoms with Gasteiger partial charge in [0.05, 0.1) is 0 Å². The number of nitrogens with zero attached hydrogens (tertiary/aromatic N) is 2. The molecule has 2 heterocycles. The lowest BCUT2D eigenvalue weighted by Gasteiger charge is -2.33. The average Bonchev–Trinajstić information content (AvgIpc) is 2.74. The number of aromatic nitrogens is 1. The van der Waals surface area contributed by atoms with Crippen LogP contribution in [0.2, 0.25) is 0 Å². The molecular formula is C25H28N2O4. The van der Waals surface area contributed by atoms with Crippen LogP contribution in [-0.2, 0) is 4.74 Å². The molecule has 0 bridgehead atoms. The van der Waals surface area contributed by atoms with Crippen LogP contribution in [0.1, 0.15) is 33.6 Å². The van der Waals surface area contributed by atoms with Crippen molar-refractivity contribution in [2.75, 3.05) is 13.1 Å². The van der Waals surface area contributed by atoms with Crippen molar-refractivity contribution >= 4 is 17.0 Å². The van der Waals surface area contributed by atoms with E-state index in [4.69, 9.17) is 9.47 Å². The summed E-state index contributed by atoms with van der Waals surface area (Å²) in [7, 11) is 0. The number of benzene rings is 2. The zero-order chi connectivity index (χ0) is 22.0. The Morgan fingerprint density at radius 2 is 1.77 bits per heavy atom. The molecule has 0 saturated carbocycles. The monoisotopic (exact) mass is 420 g/mol. The molecule has 0 radical (unpaired) electrons. The topological polar surface area (TPSA) is 71.9 Å². The van der Waals surface area contributed by atoms with Gasteiger partial charge in [0.1, 0.15) is 28.7 Å². The first kappa shape index (κ1) is 21.0. The molecule has 1 aliphatic heterocycles. The number of hydrogen-bond acceptors (Lipinski definition) is 5. The van der Waals surface area contributed by atoms with Crippen LogP contribution in [-0.4, -0.2) is 45.9 Å². The van der Waals surface area contributed by atoms with Gasteiger partial charge < -0.3 is 19.5 Å². The number of phenols is 1. The van der Waals surface area contributed by atoms with Gasteiger partial charge in [0, 0.05) is 43.1 Å². The van der Waals surface area contributed by atoms with E-state index in [1.165, 1.54) is 0 Å². The number of aromatic hydroxyl groups is 1. The summed E-state index contributed by atoms with van der Waals surface area (Å²) in [6.07, 6.45) is 3.00. The van der Waals surface area contributed by atoms with Crippen molar-refractivity contribution in [2.45, 2.75) is 45.3 Å². The van der Waals surface area contributed by atoms with Crippen LogP contribution in [0.25, 0.3) is 22.0 Å². The van der Waals surface area contributed by atoms with Crippen LogP contribution < -0.4 is 4.74 Å². The Labute approximate surface area is 182 Å². The van der Waals surface area contributed by atoms with E-state index >= 15 is 0 Å². The second-order valence-electron chi connectivity index (χ2n) is 8.85. The number of carbonyl (C=O) groups is 1. The molecule has 31 heavy (non-hydrogen) atoms. The van der Waals surface area contributed by atoms with Crippen LogP contribution in [0, 0.1) is 0 Å². The third-order valence-electron chi connectivity index (χ3n) is 5.31. The van der Waals surface area contributed by atoms with Gasteiger partial charge >= 0.3 is 6.09 Å². The van der Waals surface area contributed by atoms with Gasteiger partial charge in [-0.3, -0.25) is 4.98 Å². The van der Waals surface area contributed by atoms with E-state index in [1.54, 1.807) is 11.1 Å². The molecule has 0 atom stereocenters. The summed E-state index contributed by atoms with van der Waals surface area (Å²) in [5.74, 6) is 0.958. The lowest BCUT2D eigenvalue weighted by atomic mass is 10.0. The SMILES string of the molecule is CC(C)(C)OC(=O)N1CCC(Oc2ccc(-c3ccc4cccnc4c3O)cc2)CC1. The number of piperidine rings is 1. The minimum atomic E-state index is -0.484. The smallest absolute Gasteiger partial charge is 0.410 e. The van der Waals surface area contributed by atoms with E-state index in [0.717, 1.165) is 35.1 Å². The number of likely N-dealkylation sites (tertiary alicyclic amines) is 1. The molecule has 1 saturated heterocycles. The molecular weight excluding hydrogens is 392 g/mol. The fourth-order valence-electron chi connectivity index (χ4n) is 3.75. The first-order valence-electron chi connectivity index (χ1n) is 10.6. The zero-order valence-electron chi connectivity index (χ0n) is 18.2. The van der Waals surface area contributed by atoms with Gasteiger partial charge in [0.25, 0.3) is 0 Å². The third kappa shape index (κ3) is 4.90. The summed E-state index contributed by atoms with van der Waals surface area (Å²) < 4.78 is 11.6. The summed E-state index contributed by atoms with van der Waals surface area (Å²) in [4.78, 5) is 18.2. The van der Waals surface area contributed by atoms with Crippen LogP contribution in [0.3, 0.4) is 0 Å². The Balaban J connectivity index is 1.38. The van der Waals surface area contributed by atoms with Gasteiger partial charge in [0.2, 0.25) is 0 Å². The molecule has 1 N–H and O–H groups in total. The molecule has 1 amide bonds. The van der Waals surface area contributed by atoms with Gasteiger partial charge in [-0.2, -0.15) is 0 Å². The molecule has 1 aromatic heterocycles. The highest BCUT2D eigenvalue weighted by atomic mass is 16.6. The Morgan fingerprint density at radius 1 is 1.06 bits per heavy atom. The summed E-state index contributed by atoms with van der Waals surface area (Å²) in [6, 6.07) is 15.4. The lowest BCUT2D eigenvalue weighted by Crippen LogP contribution is -2.44. The minimum Gasteiger partial charge on any atom is -0.505 e. The Kier molecular flexibility index (Phi) is 5.72. The minimum absolute atomic E-state index is 0.0582. The predicted octanol–water partition coefficient (Wildman–Crippen LogP) is 5.39. The highest BCUT2D eigenvalue weighted by Gasteiger charge is 2.27. The molecule has 3 aromatic rings. The summed E-state index contributed by atoms with van der Waals surface area (Å²) in [5.41, 5.74) is 1.75. The maximum atomic E-state index is 12.2. The van der Waals surface area contributed by atoms with Gasteiger partial charge in [0.15, 0.2) is 0 Å². The Hall–Kier alpha value is -3.28. The van der Waals surface area contributed by atoms with Gasteiger partial charge in [-0.25, -0.2) is 4.79 Å². The number of rotatable bonds is 3. The van der Waals surface area contributed by atoms with Crippen molar-refractivity contribution < 1.29 is 19.4 Å². The second-order valence-corrected chi connectivity index (χ2v) is 8.85. The summed E-state index contributed by atoms with van der Waals surface area (Å²) in [6.45, 7) is 6.86. The largest absolute Gasteiger partial charge is 0.505 e. The normalized spacial score (nSPS) is 15.1. The Morgan fingerprint density at radius 3 is 2.45 bits per heavy atom. The molecule has 0 spiro atoms. The number of ether oxygens (including phenoxy) is 2. The quantitative estimate of drug-likeness (QED) is 0.615. The molecule has 1 aliphatic rings. The standard InChI is InChI=1S/C25H28N2O4/c1-25(2,3)31-24(29)27-15-12-20(13-16-27)30-19-9-6-17(7-10-19)21-11-8-18-5-4-14-26-22(18)23(21)28/h4-11,14,20,28H,12-13,15-16H2,1-3H3. The first-order chi connectivity index (χ1) is 14.8. The first-order valence-corrected chi connectivity index (χ1v) is 10.6. The van der Waals surface area contributed by atoms with Crippen LogP contribution >= 0.6 is 0 Å². The number of phenolic OH excluding ortho intramolecular Hbond substituents is 1. The fourth-order valence-corrected chi connectivity index (χ4v) is 3.75. The predicted molar refractivity (Wildman–Crippen MR) is 120 cm³/mol. The third-order valence-corrected chi connectivity index (χ3v) is 5.31. The average molecular weight is 421 g/mol. The van der Waals surface area contributed by atoms with E-state index < -0.39 is 5.60 Å². The van der Waals surface area contributed by atoms with Crippen molar-refractivity contribution in [2.24, 2.45) is 0 Å². The molecule has 6 heteroatoms. The molecule has 4 rings (SSSR count). The van der Waals surface area contributed by atoms with E-state index in [0.29, 0.717) is 18.6 Å². The van der Waals surface area contributed by atoms with Crippen LogP contribution in [0.5, 0.6) is 11.5 Å². The second kappa shape index (κ2) is 8.46. The van der Waals surface area contributed by atoms with Gasteiger partial charge in [-0.15, -0.1) is 0 Å². The summed E-state index contributed by atoms with van der Waals surface area (Å²) in [5, 5.41) is 11.5. The highest BCUT2D eigenvalue weighted by Crippen LogP contribution is 2.35. The van der Waals surface area contributed by atoms with Crippen molar-refractivity contribution in [3.63, 3.8) is 0 Å². The van der Waals surface area contributed by atoms with Gasteiger partial charge in [-0.05, 0) is 50.6 Å².